The van der Waals surface area contributed by atoms with Crippen LogP contribution in [0, 0.1) is 0 Å². The first-order valence-electron chi connectivity index (χ1n) is 7.35. The molecule has 0 unspecified atom stereocenters. The second kappa shape index (κ2) is 8.93. The first kappa shape index (κ1) is 18.9. The Hall–Kier alpha value is -0.130. The number of unbranched alkanes of at least 4 members (excludes halogenated alkanes) is 5. The molecule has 0 aliphatic rings. The van der Waals surface area contributed by atoms with Crippen LogP contribution < -0.4 is 0 Å². The van der Waals surface area contributed by atoms with Crippen LogP contribution in [0.2, 0.25) is 0 Å². The fourth-order valence-corrected chi connectivity index (χ4v) is 2.93. The largest absolute Gasteiger partial charge is 0.387 e. The molecule has 116 valence electrons. The van der Waals surface area contributed by atoms with Crippen molar-refractivity contribution < 1.29 is 17.7 Å². The summed E-state index contributed by atoms with van der Waals surface area (Å²) in [4.78, 5) is 0. The molecule has 0 aliphatic carbocycles. The Bertz CT molecular complexity index is 326. The van der Waals surface area contributed by atoms with Gasteiger partial charge >= 0.3 is 0 Å². The van der Waals surface area contributed by atoms with E-state index < -0.39 is 21.8 Å². The Morgan fingerprint density at radius 1 is 1.11 bits per heavy atom. The molecule has 19 heavy (non-hydrogen) atoms. The van der Waals surface area contributed by atoms with Gasteiger partial charge in [-0.05, 0) is 19.8 Å². The summed E-state index contributed by atoms with van der Waals surface area (Å²) in [6.07, 6.45) is 8.28. The quantitative estimate of drug-likeness (QED) is 0.469. The van der Waals surface area contributed by atoms with E-state index in [1.165, 1.54) is 25.7 Å². The average Bonchev–Trinajstić information content (AvgIpc) is 2.31. The second-order valence-electron chi connectivity index (χ2n) is 5.42. The number of aliphatic hydroxyl groups is 1. The van der Waals surface area contributed by atoms with Gasteiger partial charge in [-0.25, -0.2) is 0 Å². The first-order valence-corrected chi connectivity index (χ1v) is 9.17. The highest BCUT2D eigenvalue weighted by atomic mass is 32.2. The lowest BCUT2D eigenvalue weighted by Gasteiger charge is -2.32. The monoisotopic (exact) mass is 294 g/mol. The van der Waals surface area contributed by atoms with Crippen LogP contribution in [0.1, 0.15) is 72.1 Å². The van der Waals surface area contributed by atoms with Crippen LogP contribution in [-0.2, 0) is 14.3 Å². The highest BCUT2D eigenvalue weighted by molar-refractivity contribution is 7.86. The van der Waals surface area contributed by atoms with Crippen molar-refractivity contribution in [2.45, 2.75) is 83.8 Å². The third-order valence-electron chi connectivity index (χ3n) is 3.65. The first-order chi connectivity index (χ1) is 8.75. The van der Waals surface area contributed by atoms with Gasteiger partial charge in [-0.15, -0.1) is 0 Å². The Morgan fingerprint density at radius 2 is 1.63 bits per heavy atom. The number of hydrogen-bond acceptors (Lipinski definition) is 4. The standard InChI is InChI=1S/C14H30O4S/c1-5-7-8-9-10-11-12-14(15,6-2)13(3)18-19(4,16)17/h13,15H,5-12H2,1-4H3/t13-,14-/m0/s1. The van der Waals surface area contributed by atoms with Crippen molar-refractivity contribution in [1.29, 1.82) is 0 Å². The van der Waals surface area contributed by atoms with Crippen molar-refractivity contribution in [3.05, 3.63) is 0 Å². The summed E-state index contributed by atoms with van der Waals surface area (Å²) >= 11 is 0. The van der Waals surface area contributed by atoms with Crippen molar-refractivity contribution in [1.82, 2.24) is 0 Å². The highest BCUT2D eigenvalue weighted by Gasteiger charge is 2.34. The van der Waals surface area contributed by atoms with Crippen LogP contribution in [0.15, 0.2) is 0 Å². The van der Waals surface area contributed by atoms with E-state index in [4.69, 9.17) is 4.18 Å². The molecule has 5 heteroatoms. The molecule has 0 rings (SSSR count). The second-order valence-corrected chi connectivity index (χ2v) is 7.02. The van der Waals surface area contributed by atoms with Crippen molar-refractivity contribution in [2.75, 3.05) is 6.26 Å². The molecule has 0 amide bonds. The highest BCUT2D eigenvalue weighted by Crippen LogP contribution is 2.26. The zero-order valence-electron chi connectivity index (χ0n) is 12.8. The molecule has 0 spiro atoms. The Labute approximate surface area is 118 Å². The molecule has 0 bridgehead atoms. The van der Waals surface area contributed by atoms with Crippen LogP contribution in [0.25, 0.3) is 0 Å². The van der Waals surface area contributed by atoms with Crippen LogP contribution in [0.3, 0.4) is 0 Å². The van der Waals surface area contributed by atoms with Gasteiger partial charge in [0.25, 0.3) is 10.1 Å². The Balaban J connectivity index is 4.14. The van der Waals surface area contributed by atoms with Gasteiger partial charge in [0.05, 0.1) is 11.9 Å². The third-order valence-corrected chi connectivity index (χ3v) is 4.29. The average molecular weight is 294 g/mol. The summed E-state index contributed by atoms with van der Waals surface area (Å²) in [5.41, 5.74) is -1.05. The smallest absolute Gasteiger partial charge is 0.264 e. The maximum Gasteiger partial charge on any atom is 0.264 e. The molecule has 0 saturated heterocycles. The van der Waals surface area contributed by atoms with E-state index in [-0.39, 0.29) is 0 Å². The topological polar surface area (TPSA) is 63.6 Å². The summed E-state index contributed by atoms with van der Waals surface area (Å²) in [7, 11) is -3.52. The maximum absolute atomic E-state index is 11.1. The molecule has 0 aromatic heterocycles. The number of hydrogen-bond donors (Lipinski definition) is 1. The van der Waals surface area contributed by atoms with Gasteiger partial charge in [0.1, 0.15) is 6.10 Å². The van der Waals surface area contributed by atoms with E-state index >= 15 is 0 Å². The summed E-state index contributed by atoms with van der Waals surface area (Å²) in [5, 5.41) is 10.5. The molecule has 0 aliphatic heterocycles. The predicted molar refractivity (Wildman–Crippen MR) is 78.6 cm³/mol. The van der Waals surface area contributed by atoms with Crippen molar-refractivity contribution in [3.8, 4) is 0 Å². The van der Waals surface area contributed by atoms with Gasteiger partial charge in [-0.3, -0.25) is 4.18 Å². The zero-order valence-corrected chi connectivity index (χ0v) is 13.6. The summed E-state index contributed by atoms with van der Waals surface area (Å²) < 4.78 is 27.1. The minimum absolute atomic E-state index is 0.499. The number of rotatable bonds is 11. The minimum Gasteiger partial charge on any atom is -0.387 e. The van der Waals surface area contributed by atoms with Crippen LogP contribution >= 0.6 is 0 Å². The lowest BCUT2D eigenvalue weighted by Crippen LogP contribution is -2.42. The van der Waals surface area contributed by atoms with Gasteiger partial charge in [-0.1, -0.05) is 52.4 Å². The maximum atomic E-state index is 11.1. The van der Waals surface area contributed by atoms with Crippen molar-refractivity contribution in [3.63, 3.8) is 0 Å². The van der Waals surface area contributed by atoms with Gasteiger partial charge < -0.3 is 5.11 Å². The van der Waals surface area contributed by atoms with Crippen LogP contribution in [0.5, 0.6) is 0 Å². The summed E-state index contributed by atoms with van der Waals surface area (Å²) in [5.74, 6) is 0. The van der Waals surface area contributed by atoms with E-state index in [2.05, 4.69) is 6.92 Å². The predicted octanol–water partition coefficient (Wildman–Crippen LogP) is 3.24. The SMILES string of the molecule is CCCCCCCC[C@@](O)(CC)[C@H](C)OS(C)(=O)=O. The summed E-state index contributed by atoms with van der Waals surface area (Å²) in [6.45, 7) is 5.67. The lowest BCUT2D eigenvalue weighted by atomic mass is 9.88. The molecule has 0 heterocycles. The summed E-state index contributed by atoms with van der Waals surface area (Å²) in [6, 6.07) is 0. The molecule has 0 saturated carbocycles. The van der Waals surface area contributed by atoms with E-state index in [0.717, 1.165) is 19.1 Å². The molecular weight excluding hydrogens is 264 g/mol. The molecule has 4 nitrogen and oxygen atoms in total. The van der Waals surface area contributed by atoms with Crippen molar-refractivity contribution in [2.24, 2.45) is 0 Å². The molecule has 2 atom stereocenters. The molecule has 0 aromatic rings. The van der Waals surface area contributed by atoms with Gasteiger partial charge in [-0.2, -0.15) is 8.42 Å². The van der Waals surface area contributed by atoms with Gasteiger partial charge in [0, 0.05) is 0 Å². The minimum atomic E-state index is -3.52. The fourth-order valence-electron chi connectivity index (χ4n) is 2.23. The van der Waals surface area contributed by atoms with E-state index in [1.54, 1.807) is 6.92 Å². The van der Waals surface area contributed by atoms with Gasteiger partial charge in [0.15, 0.2) is 0 Å². The molecule has 0 aromatic carbocycles. The van der Waals surface area contributed by atoms with E-state index in [9.17, 15) is 13.5 Å². The molecule has 0 radical (unpaired) electrons. The van der Waals surface area contributed by atoms with E-state index in [0.29, 0.717) is 12.8 Å². The molecule has 0 fully saturated rings. The normalized spacial score (nSPS) is 17.1. The Kier molecular flexibility index (Phi) is 8.86. The van der Waals surface area contributed by atoms with Crippen LogP contribution in [-0.4, -0.2) is 31.5 Å². The van der Waals surface area contributed by atoms with Gasteiger partial charge in [0.2, 0.25) is 0 Å². The third kappa shape index (κ3) is 8.60. The zero-order chi connectivity index (χ0) is 14.9. The van der Waals surface area contributed by atoms with Crippen LogP contribution in [0.4, 0.5) is 0 Å². The Morgan fingerprint density at radius 3 is 2.11 bits per heavy atom. The molecular formula is C14H30O4S. The lowest BCUT2D eigenvalue weighted by molar-refractivity contribution is -0.0611. The van der Waals surface area contributed by atoms with E-state index in [1.807, 2.05) is 6.92 Å². The molecule has 1 N–H and O–H groups in total. The van der Waals surface area contributed by atoms with Crippen molar-refractivity contribution >= 4 is 10.1 Å². The fraction of sp³-hybridized carbons (Fsp3) is 1.00.